The Morgan fingerprint density at radius 2 is 2.12 bits per heavy atom. The van der Waals surface area contributed by atoms with E-state index in [0.29, 0.717) is 0 Å². The van der Waals surface area contributed by atoms with Crippen molar-refractivity contribution in [1.29, 1.82) is 0 Å². The summed E-state index contributed by atoms with van der Waals surface area (Å²) >= 11 is 0. The molecular formula is C12H17N5. The van der Waals surface area contributed by atoms with Gasteiger partial charge in [0.15, 0.2) is 5.82 Å². The lowest BCUT2D eigenvalue weighted by Crippen LogP contribution is -2.16. The van der Waals surface area contributed by atoms with E-state index in [1.54, 1.807) is 0 Å². The molecule has 0 aromatic carbocycles. The summed E-state index contributed by atoms with van der Waals surface area (Å²) < 4.78 is 4.25. The van der Waals surface area contributed by atoms with E-state index in [1.165, 1.54) is 18.5 Å². The minimum absolute atomic E-state index is 0.729. The highest BCUT2D eigenvalue weighted by atomic mass is 15.3. The van der Waals surface area contributed by atoms with Crippen LogP contribution in [0.1, 0.15) is 35.9 Å². The topological polar surface area (TPSA) is 48.5 Å². The molecular weight excluding hydrogens is 214 g/mol. The summed E-state index contributed by atoms with van der Waals surface area (Å²) in [4.78, 5) is 0. The summed E-state index contributed by atoms with van der Waals surface area (Å²) in [5.74, 6) is 2.17. The molecule has 2 aromatic heterocycles. The van der Waals surface area contributed by atoms with E-state index in [2.05, 4.69) is 32.9 Å². The first-order valence-corrected chi connectivity index (χ1v) is 6.16. The van der Waals surface area contributed by atoms with Gasteiger partial charge in [0.05, 0.1) is 5.69 Å². The predicted octanol–water partition coefficient (Wildman–Crippen LogP) is 1.48. The molecule has 0 unspecified atom stereocenters. The number of aryl methyl sites for hydroxylation is 3. The van der Waals surface area contributed by atoms with Crippen LogP contribution < -0.4 is 0 Å². The van der Waals surface area contributed by atoms with Crippen LogP contribution in [-0.4, -0.2) is 24.5 Å². The average Bonchev–Trinajstić information content (AvgIpc) is 2.85. The maximum absolute atomic E-state index is 4.47. The van der Waals surface area contributed by atoms with Gasteiger partial charge >= 0.3 is 0 Å². The molecule has 5 nitrogen and oxygen atoms in total. The highest BCUT2D eigenvalue weighted by Crippen LogP contribution is 2.15. The van der Waals surface area contributed by atoms with Gasteiger partial charge in [-0.2, -0.15) is 5.10 Å². The number of hydrogen-bond donors (Lipinski definition) is 0. The molecule has 0 N–H and O–H groups in total. The molecule has 0 fully saturated rings. The molecule has 0 saturated carbocycles. The van der Waals surface area contributed by atoms with E-state index in [0.717, 1.165) is 36.9 Å². The van der Waals surface area contributed by atoms with Gasteiger partial charge in [-0.25, -0.2) is 0 Å². The summed E-state index contributed by atoms with van der Waals surface area (Å²) in [7, 11) is 0. The van der Waals surface area contributed by atoms with E-state index in [9.17, 15) is 0 Å². The summed E-state index contributed by atoms with van der Waals surface area (Å²) in [5.41, 5.74) is 2.23. The number of aromatic nitrogens is 5. The third-order valence-corrected chi connectivity index (χ3v) is 3.33. The molecule has 0 atom stereocenters. The summed E-state index contributed by atoms with van der Waals surface area (Å²) in [6.07, 6.45) is 3.53. The van der Waals surface area contributed by atoms with Crippen molar-refractivity contribution in [2.45, 2.75) is 46.2 Å². The van der Waals surface area contributed by atoms with E-state index in [4.69, 9.17) is 0 Å². The molecule has 3 heterocycles. The molecule has 1 aliphatic rings. The summed E-state index contributed by atoms with van der Waals surface area (Å²) in [5, 5.41) is 13.0. The second-order valence-electron chi connectivity index (χ2n) is 4.73. The van der Waals surface area contributed by atoms with Crippen molar-refractivity contribution >= 4 is 0 Å². The van der Waals surface area contributed by atoms with Crippen molar-refractivity contribution in [2.24, 2.45) is 0 Å². The predicted molar refractivity (Wildman–Crippen MR) is 63.8 cm³/mol. The van der Waals surface area contributed by atoms with Crippen molar-refractivity contribution < 1.29 is 0 Å². The Kier molecular flexibility index (Phi) is 2.46. The van der Waals surface area contributed by atoms with Crippen LogP contribution in [0, 0.1) is 13.8 Å². The first kappa shape index (κ1) is 10.5. The monoisotopic (exact) mass is 231 g/mol. The second kappa shape index (κ2) is 3.98. The SMILES string of the molecule is Cc1cc(C)n(Cc2nnc3n2CCCC3)n1. The van der Waals surface area contributed by atoms with Crippen LogP contribution in [0.25, 0.3) is 0 Å². The second-order valence-corrected chi connectivity index (χ2v) is 4.73. The van der Waals surface area contributed by atoms with Gasteiger partial charge in [0.1, 0.15) is 12.4 Å². The van der Waals surface area contributed by atoms with Gasteiger partial charge in [-0.3, -0.25) is 4.68 Å². The fourth-order valence-electron chi connectivity index (χ4n) is 2.45. The van der Waals surface area contributed by atoms with Gasteiger partial charge in [0, 0.05) is 18.7 Å². The van der Waals surface area contributed by atoms with Gasteiger partial charge in [0.2, 0.25) is 0 Å². The fraction of sp³-hybridized carbons (Fsp3) is 0.583. The number of nitrogens with zero attached hydrogens (tertiary/aromatic N) is 5. The standard InChI is InChI=1S/C12H17N5/c1-9-7-10(2)17(15-9)8-12-14-13-11-5-3-4-6-16(11)12/h7H,3-6,8H2,1-2H3. The Balaban J connectivity index is 1.90. The third-order valence-electron chi connectivity index (χ3n) is 3.33. The molecule has 5 heteroatoms. The Labute approximate surface area is 100 Å². The largest absolute Gasteiger partial charge is 0.313 e. The molecule has 1 aliphatic heterocycles. The van der Waals surface area contributed by atoms with Gasteiger partial charge in [0.25, 0.3) is 0 Å². The quantitative estimate of drug-likeness (QED) is 0.786. The Bertz CT molecular complexity index is 537. The molecule has 0 radical (unpaired) electrons. The van der Waals surface area contributed by atoms with Crippen molar-refractivity contribution in [2.75, 3.05) is 0 Å². The van der Waals surface area contributed by atoms with Crippen molar-refractivity contribution in [3.8, 4) is 0 Å². The van der Waals surface area contributed by atoms with Crippen LogP contribution in [0.3, 0.4) is 0 Å². The molecule has 0 bridgehead atoms. The molecule has 0 amide bonds. The highest BCUT2D eigenvalue weighted by molar-refractivity contribution is 5.08. The molecule has 0 saturated heterocycles. The molecule has 2 aromatic rings. The van der Waals surface area contributed by atoms with E-state index < -0.39 is 0 Å². The van der Waals surface area contributed by atoms with Crippen molar-refractivity contribution in [3.63, 3.8) is 0 Å². The van der Waals surface area contributed by atoms with Gasteiger partial charge in [-0.05, 0) is 32.8 Å². The zero-order valence-corrected chi connectivity index (χ0v) is 10.3. The van der Waals surface area contributed by atoms with Crippen molar-refractivity contribution in [3.05, 3.63) is 29.1 Å². The molecule has 17 heavy (non-hydrogen) atoms. The molecule has 0 spiro atoms. The Morgan fingerprint density at radius 1 is 1.24 bits per heavy atom. The van der Waals surface area contributed by atoms with Crippen LogP contribution in [0.2, 0.25) is 0 Å². The van der Waals surface area contributed by atoms with Gasteiger partial charge in [-0.1, -0.05) is 0 Å². The van der Waals surface area contributed by atoms with Gasteiger partial charge in [-0.15, -0.1) is 10.2 Å². The van der Waals surface area contributed by atoms with Crippen LogP contribution in [0.5, 0.6) is 0 Å². The van der Waals surface area contributed by atoms with Crippen LogP contribution in [0.4, 0.5) is 0 Å². The zero-order valence-electron chi connectivity index (χ0n) is 10.3. The Hall–Kier alpha value is -1.65. The summed E-state index contributed by atoms with van der Waals surface area (Å²) in [6, 6.07) is 2.09. The smallest absolute Gasteiger partial charge is 0.154 e. The average molecular weight is 231 g/mol. The highest BCUT2D eigenvalue weighted by Gasteiger charge is 2.16. The van der Waals surface area contributed by atoms with Crippen LogP contribution >= 0.6 is 0 Å². The maximum Gasteiger partial charge on any atom is 0.154 e. The zero-order chi connectivity index (χ0) is 11.8. The first-order chi connectivity index (χ1) is 8.24. The number of rotatable bonds is 2. The lowest BCUT2D eigenvalue weighted by atomic mass is 10.2. The van der Waals surface area contributed by atoms with Crippen LogP contribution in [0.15, 0.2) is 6.07 Å². The summed E-state index contributed by atoms with van der Waals surface area (Å²) in [6.45, 7) is 5.87. The normalized spacial score (nSPS) is 14.9. The Morgan fingerprint density at radius 3 is 2.88 bits per heavy atom. The van der Waals surface area contributed by atoms with Crippen LogP contribution in [-0.2, 0) is 19.5 Å². The van der Waals surface area contributed by atoms with E-state index in [-0.39, 0.29) is 0 Å². The molecule has 0 aliphatic carbocycles. The minimum Gasteiger partial charge on any atom is -0.313 e. The van der Waals surface area contributed by atoms with E-state index >= 15 is 0 Å². The lowest BCUT2D eigenvalue weighted by molar-refractivity contribution is 0.494. The lowest BCUT2D eigenvalue weighted by Gasteiger charge is -2.14. The number of hydrogen-bond acceptors (Lipinski definition) is 3. The third kappa shape index (κ3) is 1.85. The minimum atomic E-state index is 0.729. The van der Waals surface area contributed by atoms with E-state index in [1.807, 2.05) is 11.6 Å². The van der Waals surface area contributed by atoms with Gasteiger partial charge < -0.3 is 4.57 Å². The molecule has 90 valence electrons. The maximum atomic E-state index is 4.47. The molecule has 3 rings (SSSR count). The number of fused-ring (bicyclic) bond motifs is 1. The fourth-order valence-corrected chi connectivity index (χ4v) is 2.45. The first-order valence-electron chi connectivity index (χ1n) is 6.16. The van der Waals surface area contributed by atoms with Crippen molar-refractivity contribution in [1.82, 2.24) is 24.5 Å².